The van der Waals surface area contributed by atoms with Crippen LogP contribution in [0.2, 0.25) is 5.02 Å². The van der Waals surface area contributed by atoms with Gasteiger partial charge in [-0.25, -0.2) is 4.98 Å². The molecule has 0 bridgehead atoms. The first-order valence-electron chi connectivity index (χ1n) is 10.2. The van der Waals surface area contributed by atoms with Crippen molar-refractivity contribution in [2.75, 3.05) is 19.0 Å². The molecule has 0 spiro atoms. The Balaban J connectivity index is 1.55. The molecular weight excluding hydrogens is 438 g/mol. The Bertz CT molecular complexity index is 989. The molecule has 1 aliphatic heterocycles. The summed E-state index contributed by atoms with van der Waals surface area (Å²) >= 11 is 7.36. The highest BCUT2D eigenvalue weighted by molar-refractivity contribution is 7.15. The highest BCUT2D eigenvalue weighted by Gasteiger charge is 2.25. The van der Waals surface area contributed by atoms with Crippen LogP contribution < -0.4 is 10.1 Å². The van der Waals surface area contributed by atoms with Gasteiger partial charge in [-0.05, 0) is 24.1 Å². The van der Waals surface area contributed by atoms with Gasteiger partial charge in [-0.2, -0.15) is 0 Å². The molecule has 9 heteroatoms. The van der Waals surface area contributed by atoms with Crippen LogP contribution in [0.3, 0.4) is 0 Å². The van der Waals surface area contributed by atoms with Crippen LogP contribution in [0.1, 0.15) is 54.0 Å². The number of benzene rings is 1. The van der Waals surface area contributed by atoms with E-state index in [4.69, 9.17) is 16.3 Å². The predicted octanol–water partition coefficient (Wildman–Crippen LogP) is 4.34. The van der Waals surface area contributed by atoms with Crippen LogP contribution in [-0.2, 0) is 22.6 Å². The molecule has 31 heavy (non-hydrogen) atoms. The average Bonchev–Trinajstić information content (AvgIpc) is 3.12. The number of ketones is 1. The molecule has 7 nitrogen and oxygen atoms in total. The fourth-order valence-corrected chi connectivity index (χ4v) is 4.59. The van der Waals surface area contributed by atoms with E-state index < -0.39 is 0 Å². The van der Waals surface area contributed by atoms with Crippen molar-refractivity contribution in [2.24, 2.45) is 5.92 Å². The van der Waals surface area contributed by atoms with Gasteiger partial charge in [0.2, 0.25) is 11.8 Å². The number of ether oxygens (including phenoxy) is 1. The van der Waals surface area contributed by atoms with E-state index in [-0.39, 0.29) is 30.4 Å². The van der Waals surface area contributed by atoms with Crippen LogP contribution in [0.4, 0.5) is 5.13 Å². The van der Waals surface area contributed by atoms with E-state index in [0.717, 1.165) is 10.6 Å². The zero-order valence-electron chi connectivity index (χ0n) is 17.9. The van der Waals surface area contributed by atoms with Gasteiger partial charge < -0.3 is 15.0 Å². The average molecular weight is 464 g/mol. The van der Waals surface area contributed by atoms with Gasteiger partial charge in [0.25, 0.3) is 0 Å². The van der Waals surface area contributed by atoms with Gasteiger partial charge in [0.05, 0.1) is 24.9 Å². The second-order valence-corrected chi connectivity index (χ2v) is 9.39. The molecule has 2 heterocycles. The van der Waals surface area contributed by atoms with Crippen LogP contribution in [-0.4, -0.2) is 41.1 Å². The second-order valence-electron chi connectivity index (χ2n) is 7.87. The molecule has 0 atom stereocenters. The molecule has 1 aromatic carbocycles. The van der Waals surface area contributed by atoms with Gasteiger partial charge in [0, 0.05) is 42.1 Å². The molecule has 2 aromatic rings. The summed E-state index contributed by atoms with van der Waals surface area (Å²) in [6.45, 7) is 5.23. The van der Waals surface area contributed by atoms with Gasteiger partial charge in [-0.3, -0.25) is 14.4 Å². The summed E-state index contributed by atoms with van der Waals surface area (Å²) < 4.78 is 5.20. The number of halogens is 1. The summed E-state index contributed by atoms with van der Waals surface area (Å²) in [6.07, 6.45) is 1.27. The van der Waals surface area contributed by atoms with Crippen molar-refractivity contribution in [3.8, 4) is 5.75 Å². The SMILES string of the molecule is COc1ccc(Cl)cc1C(=O)CCC(=O)Nc1nc2c(s1)CN(C(=O)CC(C)C)CC2. The number of rotatable bonds is 8. The zero-order valence-corrected chi connectivity index (χ0v) is 19.4. The third-order valence-corrected chi connectivity index (χ3v) is 6.19. The lowest BCUT2D eigenvalue weighted by molar-refractivity contribution is -0.132. The summed E-state index contributed by atoms with van der Waals surface area (Å²) in [7, 11) is 1.48. The molecule has 0 radical (unpaired) electrons. The summed E-state index contributed by atoms with van der Waals surface area (Å²) in [4.78, 5) is 44.5. The fourth-order valence-electron chi connectivity index (χ4n) is 3.38. The Morgan fingerprint density at radius 1 is 1.29 bits per heavy atom. The first kappa shape index (κ1) is 23.2. The van der Waals surface area contributed by atoms with Crippen LogP contribution in [0, 0.1) is 5.92 Å². The summed E-state index contributed by atoms with van der Waals surface area (Å²) in [5.41, 5.74) is 1.28. The maximum atomic E-state index is 12.5. The van der Waals surface area contributed by atoms with Crippen molar-refractivity contribution in [3.63, 3.8) is 0 Å². The number of carbonyl (C=O) groups is 3. The molecule has 1 N–H and O–H groups in total. The number of aromatic nitrogens is 1. The number of hydrogen-bond acceptors (Lipinski definition) is 6. The lowest BCUT2D eigenvalue weighted by Gasteiger charge is -2.26. The number of anilines is 1. The number of methoxy groups -OCH3 is 1. The minimum absolute atomic E-state index is 0.0255. The van der Waals surface area contributed by atoms with Crippen molar-refractivity contribution < 1.29 is 19.1 Å². The molecule has 0 fully saturated rings. The maximum Gasteiger partial charge on any atom is 0.226 e. The lowest BCUT2D eigenvalue weighted by Crippen LogP contribution is -2.36. The number of nitrogens with one attached hydrogen (secondary N) is 1. The Hall–Kier alpha value is -2.45. The molecule has 166 valence electrons. The van der Waals surface area contributed by atoms with E-state index >= 15 is 0 Å². The van der Waals surface area contributed by atoms with Crippen LogP contribution in [0.5, 0.6) is 5.75 Å². The minimum Gasteiger partial charge on any atom is -0.496 e. The molecule has 0 saturated carbocycles. The van der Waals surface area contributed by atoms with Gasteiger partial charge in [-0.15, -0.1) is 0 Å². The molecule has 0 aliphatic carbocycles. The molecule has 1 aromatic heterocycles. The quantitative estimate of drug-likeness (QED) is 0.588. The number of fused-ring (bicyclic) bond motifs is 1. The smallest absolute Gasteiger partial charge is 0.226 e. The van der Waals surface area contributed by atoms with Gasteiger partial charge in [-0.1, -0.05) is 36.8 Å². The summed E-state index contributed by atoms with van der Waals surface area (Å²) in [6, 6.07) is 4.82. The van der Waals surface area contributed by atoms with Crippen molar-refractivity contribution in [3.05, 3.63) is 39.4 Å². The fraction of sp³-hybridized carbons (Fsp3) is 0.455. The Morgan fingerprint density at radius 3 is 2.77 bits per heavy atom. The van der Waals surface area contributed by atoms with Crippen LogP contribution in [0.15, 0.2) is 18.2 Å². The van der Waals surface area contributed by atoms with E-state index in [0.29, 0.717) is 53.3 Å². The maximum absolute atomic E-state index is 12.5. The molecule has 1 aliphatic rings. The predicted molar refractivity (Wildman–Crippen MR) is 121 cm³/mol. The first-order chi connectivity index (χ1) is 14.8. The van der Waals surface area contributed by atoms with Crippen LogP contribution >= 0.6 is 22.9 Å². The number of carbonyl (C=O) groups excluding carboxylic acids is 3. The van der Waals surface area contributed by atoms with Gasteiger partial charge in [0.1, 0.15) is 5.75 Å². The summed E-state index contributed by atoms with van der Waals surface area (Å²) in [5, 5.41) is 3.71. The minimum atomic E-state index is -0.284. The number of amides is 2. The Labute approximate surface area is 190 Å². The first-order valence-corrected chi connectivity index (χ1v) is 11.4. The largest absolute Gasteiger partial charge is 0.496 e. The van der Waals surface area contributed by atoms with Crippen molar-refractivity contribution in [1.29, 1.82) is 0 Å². The van der Waals surface area contributed by atoms with Crippen molar-refractivity contribution >= 4 is 45.7 Å². The van der Waals surface area contributed by atoms with Gasteiger partial charge >= 0.3 is 0 Å². The Kier molecular flexibility index (Phi) is 7.67. The number of hydrogen-bond donors (Lipinski definition) is 1. The zero-order chi connectivity index (χ0) is 22.5. The number of Topliss-reactive ketones (excluding diaryl/α,β-unsaturated/α-hetero) is 1. The van der Waals surface area contributed by atoms with Gasteiger partial charge in [0.15, 0.2) is 10.9 Å². The van der Waals surface area contributed by atoms with Crippen molar-refractivity contribution in [2.45, 2.75) is 46.1 Å². The van der Waals surface area contributed by atoms with E-state index in [2.05, 4.69) is 10.3 Å². The highest BCUT2D eigenvalue weighted by Crippen LogP contribution is 2.29. The normalized spacial score (nSPS) is 13.1. The molecule has 0 saturated heterocycles. The summed E-state index contributed by atoms with van der Waals surface area (Å²) in [5.74, 6) is 0.397. The lowest BCUT2D eigenvalue weighted by atomic mass is 10.1. The number of nitrogens with zero attached hydrogens (tertiary/aromatic N) is 2. The number of thiazole rings is 1. The monoisotopic (exact) mass is 463 g/mol. The van der Waals surface area contributed by atoms with Crippen molar-refractivity contribution in [1.82, 2.24) is 9.88 Å². The Morgan fingerprint density at radius 2 is 2.06 bits per heavy atom. The third-order valence-electron chi connectivity index (χ3n) is 4.95. The van der Waals surface area contributed by atoms with E-state index in [1.807, 2.05) is 18.7 Å². The topological polar surface area (TPSA) is 88.6 Å². The van der Waals surface area contributed by atoms with E-state index in [1.165, 1.54) is 18.4 Å². The molecule has 0 unspecified atom stereocenters. The van der Waals surface area contributed by atoms with E-state index in [9.17, 15) is 14.4 Å². The molecule has 3 rings (SSSR count). The van der Waals surface area contributed by atoms with Crippen LogP contribution in [0.25, 0.3) is 0 Å². The highest BCUT2D eigenvalue weighted by atomic mass is 35.5. The molecule has 2 amide bonds. The second kappa shape index (κ2) is 10.2. The standard InChI is InChI=1S/C22H26ClN3O4S/c1-13(2)10-21(29)26-9-8-16-19(12-26)31-22(24-16)25-20(28)7-5-17(27)15-11-14(23)4-6-18(15)30-3/h4,6,11,13H,5,7-10,12H2,1-3H3,(H,24,25,28). The van der Waals surface area contributed by atoms with E-state index in [1.54, 1.807) is 18.2 Å². The third kappa shape index (κ3) is 6.04. The molecular formula is C22H26ClN3O4S.